The first-order valence-electron chi connectivity index (χ1n) is 8.27. The Balaban J connectivity index is 2.22. The van der Waals surface area contributed by atoms with Crippen LogP contribution < -0.4 is 4.74 Å². The number of ether oxygens (including phenoxy) is 1. The van der Waals surface area contributed by atoms with E-state index in [1.165, 1.54) is 12.0 Å². The molecule has 7 heteroatoms. The number of Topliss-reactive ketones (excluding diaryl/α,β-unsaturated/α-hetero) is 1. The van der Waals surface area contributed by atoms with E-state index in [1.54, 1.807) is 48.5 Å². The third kappa shape index (κ3) is 3.41. The summed E-state index contributed by atoms with van der Waals surface area (Å²) >= 11 is 5.89. The summed E-state index contributed by atoms with van der Waals surface area (Å²) in [7, 11) is 1.48. The second kappa shape index (κ2) is 7.82. The molecule has 1 saturated heterocycles. The standard InChI is InChI=1S/C20H18ClNO5/c1-27-15-5-3-2-4-14(15)17-16(19(25)20(26)22(17)10-11-23)18(24)12-6-8-13(21)9-7-12/h2-9,17,23-24H,10-11H2,1H3/b18-16+. The zero-order valence-electron chi connectivity index (χ0n) is 14.6. The number of rotatable bonds is 5. The highest BCUT2D eigenvalue weighted by atomic mass is 35.5. The summed E-state index contributed by atoms with van der Waals surface area (Å²) in [4.78, 5) is 26.5. The third-order valence-electron chi connectivity index (χ3n) is 4.43. The smallest absolute Gasteiger partial charge is 0.295 e. The number of para-hydroxylation sites is 1. The predicted octanol–water partition coefficient (Wildman–Crippen LogP) is 2.76. The molecule has 2 aromatic rings. The van der Waals surface area contributed by atoms with E-state index < -0.39 is 17.7 Å². The minimum absolute atomic E-state index is 0.0509. The molecule has 6 nitrogen and oxygen atoms in total. The van der Waals surface area contributed by atoms with E-state index in [9.17, 15) is 19.8 Å². The van der Waals surface area contributed by atoms with Crippen LogP contribution in [0.4, 0.5) is 0 Å². The van der Waals surface area contributed by atoms with Crippen LogP contribution in [0.25, 0.3) is 5.76 Å². The van der Waals surface area contributed by atoms with Crippen molar-refractivity contribution in [2.24, 2.45) is 0 Å². The lowest BCUT2D eigenvalue weighted by molar-refractivity contribution is -0.140. The third-order valence-corrected chi connectivity index (χ3v) is 4.68. The van der Waals surface area contributed by atoms with Gasteiger partial charge in [0.25, 0.3) is 11.7 Å². The van der Waals surface area contributed by atoms with Crippen LogP contribution in [-0.2, 0) is 9.59 Å². The maximum Gasteiger partial charge on any atom is 0.295 e. The molecule has 1 aliphatic heterocycles. The maximum absolute atomic E-state index is 12.7. The van der Waals surface area contributed by atoms with E-state index >= 15 is 0 Å². The number of carbonyl (C=O) groups excluding carboxylic acids is 2. The van der Waals surface area contributed by atoms with Crippen LogP contribution in [0.2, 0.25) is 5.02 Å². The van der Waals surface area contributed by atoms with Crippen LogP contribution >= 0.6 is 11.6 Å². The Morgan fingerprint density at radius 1 is 1.15 bits per heavy atom. The van der Waals surface area contributed by atoms with Gasteiger partial charge in [-0.1, -0.05) is 29.8 Å². The Kier molecular flexibility index (Phi) is 5.48. The molecule has 0 bridgehead atoms. The molecule has 3 rings (SSSR count). The van der Waals surface area contributed by atoms with Gasteiger partial charge >= 0.3 is 0 Å². The molecule has 2 aromatic carbocycles. The number of β-amino-alcohol motifs (C(OH)–C–C–N with tert-alkyl or cyclic N) is 1. The molecule has 0 spiro atoms. The van der Waals surface area contributed by atoms with E-state index in [0.29, 0.717) is 21.9 Å². The average Bonchev–Trinajstić information content (AvgIpc) is 2.93. The summed E-state index contributed by atoms with van der Waals surface area (Å²) in [5, 5.41) is 20.7. The van der Waals surface area contributed by atoms with Crippen LogP contribution in [0, 0.1) is 0 Å². The van der Waals surface area contributed by atoms with Crippen molar-refractivity contribution in [1.82, 2.24) is 4.90 Å². The Morgan fingerprint density at radius 3 is 2.44 bits per heavy atom. The number of halogens is 1. The van der Waals surface area contributed by atoms with E-state index in [-0.39, 0.29) is 24.5 Å². The number of hydrogen-bond acceptors (Lipinski definition) is 5. The topological polar surface area (TPSA) is 87.1 Å². The van der Waals surface area contributed by atoms with Gasteiger partial charge in [-0.15, -0.1) is 0 Å². The number of hydrogen-bond donors (Lipinski definition) is 2. The van der Waals surface area contributed by atoms with Crippen LogP contribution in [-0.4, -0.2) is 47.1 Å². The summed E-state index contributed by atoms with van der Waals surface area (Å²) in [6.07, 6.45) is 0. The van der Waals surface area contributed by atoms with Crippen molar-refractivity contribution in [3.05, 3.63) is 70.3 Å². The van der Waals surface area contributed by atoms with Gasteiger partial charge < -0.3 is 19.8 Å². The highest BCUT2D eigenvalue weighted by Crippen LogP contribution is 2.42. The summed E-state index contributed by atoms with van der Waals surface area (Å²) in [5.74, 6) is -1.43. The first-order valence-corrected chi connectivity index (χ1v) is 8.65. The summed E-state index contributed by atoms with van der Waals surface area (Å²) in [6, 6.07) is 12.4. The number of likely N-dealkylation sites (tertiary alicyclic amines) is 1. The Bertz CT molecular complexity index is 907. The van der Waals surface area contributed by atoms with Gasteiger partial charge in [-0.2, -0.15) is 0 Å². The predicted molar refractivity (Wildman–Crippen MR) is 101 cm³/mol. The van der Waals surface area contributed by atoms with Gasteiger partial charge in [0, 0.05) is 22.7 Å². The molecule has 0 aliphatic carbocycles. The van der Waals surface area contributed by atoms with Gasteiger partial charge in [0.2, 0.25) is 0 Å². The van der Waals surface area contributed by atoms with Crippen molar-refractivity contribution in [2.45, 2.75) is 6.04 Å². The molecule has 0 saturated carbocycles. The van der Waals surface area contributed by atoms with Crippen LogP contribution in [0.1, 0.15) is 17.2 Å². The number of benzene rings is 2. The number of aliphatic hydroxyl groups excluding tert-OH is 2. The van der Waals surface area contributed by atoms with Gasteiger partial charge in [0.05, 0.1) is 25.3 Å². The second-order valence-electron chi connectivity index (χ2n) is 5.96. The first-order chi connectivity index (χ1) is 13.0. The minimum atomic E-state index is -0.871. The first kappa shape index (κ1) is 18.9. The molecule has 140 valence electrons. The van der Waals surface area contributed by atoms with Gasteiger partial charge in [-0.3, -0.25) is 9.59 Å². The number of methoxy groups -OCH3 is 1. The monoisotopic (exact) mass is 387 g/mol. The lowest BCUT2D eigenvalue weighted by Crippen LogP contribution is -2.32. The number of ketones is 1. The normalized spacial score (nSPS) is 18.8. The molecule has 1 fully saturated rings. The van der Waals surface area contributed by atoms with Gasteiger partial charge in [-0.05, 0) is 30.3 Å². The molecule has 0 radical (unpaired) electrons. The van der Waals surface area contributed by atoms with E-state index in [4.69, 9.17) is 16.3 Å². The zero-order valence-corrected chi connectivity index (χ0v) is 15.3. The fraction of sp³-hybridized carbons (Fsp3) is 0.200. The maximum atomic E-state index is 12.7. The summed E-state index contributed by atoms with van der Waals surface area (Å²) in [6.45, 7) is -0.371. The van der Waals surface area contributed by atoms with Gasteiger partial charge in [0.1, 0.15) is 11.5 Å². The molecule has 1 atom stereocenters. The van der Waals surface area contributed by atoms with E-state index in [0.717, 1.165) is 0 Å². The Hall–Kier alpha value is -2.83. The summed E-state index contributed by atoms with van der Waals surface area (Å²) in [5.41, 5.74) is 0.852. The zero-order chi connectivity index (χ0) is 19.6. The van der Waals surface area contributed by atoms with Crippen molar-refractivity contribution >= 4 is 29.1 Å². The number of aliphatic hydroxyl groups is 2. The lowest BCUT2D eigenvalue weighted by Gasteiger charge is -2.25. The molecule has 1 aliphatic rings. The van der Waals surface area contributed by atoms with Gasteiger partial charge in [-0.25, -0.2) is 0 Å². The SMILES string of the molecule is COc1ccccc1C1/C(=C(\O)c2ccc(Cl)cc2)C(=O)C(=O)N1CCO. The molecule has 0 aromatic heterocycles. The molecule has 1 unspecified atom stereocenters. The van der Waals surface area contributed by atoms with Crippen molar-refractivity contribution in [3.63, 3.8) is 0 Å². The van der Waals surface area contributed by atoms with Gasteiger partial charge in [0.15, 0.2) is 0 Å². The van der Waals surface area contributed by atoms with Crippen molar-refractivity contribution in [2.75, 3.05) is 20.3 Å². The summed E-state index contributed by atoms with van der Waals surface area (Å²) < 4.78 is 5.37. The molecular weight excluding hydrogens is 370 g/mol. The largest absolute Gasteiger partial charge is 0.507 e. The molecule has 1 amide bonds. The number of carbonyl (C=O) groups is 2. The Labute approximate surface area is 161 Å². The van der Waals surface area contributed by atoms with E-state index in [1.807, 2.05) is 0 Å². The van der Waals surface area contributed by atoms with E-state index in [2.05, 4.69) is 0 Å². The van der Waals surface area contributed by atoms with Crippen molar-refractivity contribution in [3.8, 4) is 5.75 Å². The molecular formula is C20H18ClNO5. The van der Waals surface area contributed by atoms with Crippen molar-refractivity contribution < 1.29 is 24.5 Å². The quantitative estimate of drug-likeness (QED) is 0.468. The highest BCUT2D eigenvalue weighted by molar-refractivity contribution is 6.46. The van der Waals surface area contributed by atoms with Crippen LogP contribution in [0.3, 0.4) is 0 Å². The fourth-order valence-electron chi connectivity index (χ4n) is 3.20. The minimum Gasteiger partial charge on any atom is -0.507 e. The van der Waals surface area contributed by atoms with Crippen LogP contribution in [0.5, 0.6) is 5.75 Å². The van der Waals surface area contributed by atoms with Crippen LogP contribution in [0.15, 0.2) is 54.1 Å². The molecule has 2 N–H and O–H groups in total. The lowest BCUT2D eigenvalue weighted by atomic mass is 9.94. The number of amides is 1. The molecule has 1 heterocycles. The second-order valence-corrected chi connectivity index (χ2v) is 6.40. The fourth-order valence-corrected chi connectivity index (χ4v) is 3.32. The number of nitrogens with zero attached hydrogens (tertiary/aromatic N) is 1. The molecule has 27 heavy (non-hydrogen) atoms. The highest BCUT2D eigenvalue weighted by Gasteiger charge is 2.46. The average molecular weight is 388 g/mol. The van der Waals surface area contributed by atoms with Crippen molar-refractivity contribution in [1.29, 1.82) is 0 Å². The Morgan fingerprint density at radius 2 is 1.81 bits per heavy atom.